The van der Waals surface area contributed by atoms with Crippen molar-refractivity contribution in [2.45, 2.75) is 38.8 Å². The van der Waals surface area contributed by atoms with E-state index in [-0.39, 0.29) is 42.0 Å². The summed E-state index contributed by atoms with van der Waals surface area (Å²) in [5.41, 5.74) is 0. The van der Waals surface area contributed by atoms with Crippen LogP contribution in [0.15, 0.2) is 0 Å². The maximum atomic E-state index is 12.4. The summed E-state index contributed by atoms with van der Waals surface area (Å²) >= 11 is 0. The lowest BCUT2D eigenvalue weighted by Crippen LogP contribution is -2.50. The average molecular weight is 318 g/mol. The van der Waals surface area contributed by atoms with Crippen LogP contribution in [0.1, 0.15) is 26.7 Å². The van der Waals surface area contributed by atoms with E-state index in [1.165, 1.54) is 0 Å². The molecule has 0 aromatic rings. The standard InChI is InChI=1S/C14H26N2O4S/c1-3-16(12-5-7-21(19,20)10-12)14(18)9-15-6-4-11(2)13(17)8-15/h11-13,17H,3-10H2,1-2H3. The van der Waals surface area contributed by atoms with Crippen LogP contribution in [-0.4, -0.2) is 79.1 Å². The molecule has 0 radical (unpaired) electrons. The van der Waals surface area contributed by atoms with Crippen molar-refractivity contribution < 1.29 is 18.3 Å². The van der Waals surface area contributed by atoms with Crippen LogP contribution in [0.3, 0.4) is 0 Å². The minimum absolute atomic E-state index is 0.0265. The number of piperidine rings is 1. The van der Waals surface area contributed by atoms with Gasteiger partial charge in [0.15, 0.2) is 9.84 Å². The van der Waals surface area contributed by atoms with Gasteiger partial charge >= 0.3 is 0 Å². The Kier molecular flexibility index (Phi) is 5.27. The number of amides is 1. The second kappa shape index (κ2) is 6.62. The van der Waals surface area contributed by atoms with E-state index < -0.39 is 9.84 Å². The molecule has 2 saturated heterocycles. The number of hydrogen-bond acceptors (Lipinski definition) is 5. The number of aliphatic hydroxyl groups is 1. The molecular weight excluding hydrogens is 292 g/mol. The third-order valence-corrected chi connectivity index (χ3v) is 6.42. The highest BCUT2D eigenvalue weighted by atomic mass is 32.2. The highest BCUT2D eigenvalue weighted by molar-refractivity contribution is 7.91. The summed E-state index contributed by atoms with van der Waals surface area (Å²) < 4.78 is 23.1. The second-order valence-electron chi connectivity index (χ2n) is 6.31. The molecule has 0 bridgehead atoms. The Morgan fingerprint density at radius 2 is 2.10 bits per heavy atom. The van der Waals surface area contributed by atoms with Gasteiger partial charge < -0.3 is 10.0 Å². The summed E-state index contributed by atoms with van der Waals surface area (Å²) in [5, 5.41) is 9.89. The molecule has 6 nitrogen and oxygen atoms in total. The van der Waals surface area contributed by atoms with Crippen LogP contribution < -0.4 is 0 Å². The maximum absolute atomic E-state index is 12.4. The Balaban J connectivity index is 1.92. The summed E-state index contributed by atoms with van der Waals surface area (Å²) in [5.74, 6) is 0.521. The molecule has 0 aromatic heterocycles. The zero-order chi connectivity index (χ0) is 15.6. The van der Waals surface area contributed by atoms with E-state index in [9.17, 15) is 18.3 Å². The first-order chi connectivity index (χ1) is 9.82. The van der Waals surface area contributed by atoms with Gasteiger partial charge in [0, 0.05) is 19.1 Å². The highest BCUT2D eigenvalue weighted by Gasteiger charge is 2.35. The van der Waals surface area contributed by atoms with Gasteiger partial charge in [0.2, 0.25) is 5.91 Å². The van der Waals surface area contributed by atoms with Crippen molar-refractivity contribution in [3.63, 3.8) is 0 Å². The van der Waals surface area contributed by atoms with Crippen LogP contribution in [0, 0.1) is 5.92 Å². The Morgan fingerprint density at radius 3 is 2.62 bits per heavy atom. The quantitative estimate of drug-likeness (QED) is 0.772. The van der Waals surface area contributed by atoms with Crippen molar-refractivity contribution in [1.82, 2.24) is 9.80 Å². The number of rotatable bonds is 4. The van der Waals surface area contributed by atoms with Gasteiger partial charge in [0.25, 0.3) is 0 Å². The van der Waals surface area contributed by atoms with Gasteiger partial charge in [0.05, 0.1) is 24.2 Å². The fourth-order valence-corrected chi connectivity index (χ4v) is 4.93. The normalized spacial score (nSPS) is 33.0. The summed E-state index contributed by atoms with van der Waals surface area (Å²) in [6.07, 6.45) is 1.05. The number of carbonyl (C=O) groups excluding carboxylic acids is 1. The van der Waals surface area contributed by atoms with Crippen LogP contribution in [-0.2, 0) is 14.6 Å². The zero-order valence-corrected chi connectivity index (χ0v) is 13.7. The molecule has 21 heavy (non-hydrogen) atoms. The van der Waals surface area contributed by atoms with Crippen molar-refractivity contribution in [3.05, 3.63) is 0 Å². The minimum atomic E-state index is -2.98. The van der Waals surface area contributed by atoms with Gasteiger partial charge in [0.1, 0.15) is 0 Å². The highest BCUT2D eigenvalue weighted by Crippen LogP contribution is 2.20. The third-order valence-electron chi connectivity index (χ3n) is 4.67. The zero-order valence-electron chi connectivity index (χ0n) is 12.9. The lowest BCUT2D eigenvalue weighted by atomic mass is 9.96. The summed E-state index contributed by atoms with van der Waals surface area (Å²) in [6, 6.07) is -0.180. The molecule has 7 heteroatoms. The number of hydrogen-bond donors (Lipinski definition) is 1. The number of sulfone groups is 1. The second-order valence-corrected chi connectivity index (χ2v) is 8.53. The lowest BCUT2D eigenvalue weighted by Gasteiger charge is -2.36. The molecule has 2 fully saturated rings. The molecule has 2 heterocycles. The smallest absolute Gasteiger partial charge is 0.237 e. The van der Waals surface area contributed by atoms with E-state index in [0.717, 1.165) is 13.0 Å². The SMILES string of the molecule is CCN(C(=O)CN1CCC(C)C(O)C1)C1CCS(=O)(=O)C1. The molecule has 0 aliphatic carbocycles. The van der Waals surface area contributed by atoms with E-state index in [2.05, 4.69) is 0 Å². The Morgan fingerprint density at radius 1 is 1.38 bits per heavy atom. The first-order valence-corrected chi connectivity index (χ1v) is 9.55. The predicted octanol–water partition coefficient (Wildman–Crippen LogP) is -0.275. The molecule has 1 amide bonds. The number of nitrogens with zero attached hydrogens (tertiary/aromatic N) is 2. The van der Waals surface area contributed by atoms with E-state index in [4.69, 9.17) is 0 Å². The molecule has 0 spiro atoms. The Hall–Kier alpha value is -0.660. The summed E-state index contributed by atoms with van der Waals surface area (Å²) in [4.78, 5) is 16.1. The van der Waals surface area contributed by atoms with Gasteiger partial charge in [-0.05, 0) is 32.2 Å². The van der Waals surface area contributed by atoms with Gasteiger partial charge in [-0.2, -0.15) is 0 Å². The molecule has 1 N–H and O–H groups in total. The Labute approximate surface area is 127 Å². The maximum Gasteiger partial charge on any atom is 0.237 e. The first kappa shape index (κ1) is 16.7. The minimum Gasteiger partial charge on any atom is -0.392 e. The van der Waals surface area contributed by atoms with Crippen molar-refractivity contribution in [2.24, 2.45) is 5.92 Å². The number of likely N-dealkylation sites (tertiary alicyclic amines) is 1. The Bertz CT molecular complexity index is 479. The van der Waals surface area contributed by atoms with Gasteiger partial charge in [-0.1, -0.05) is 6.92 Å². The molecule has 0 saturated carbocycles. The monoisotopic (exact) mass is 318 g/mol. The molecule has 3 atom stereocenters. The van der Waals surface area contributed by atoms with Crippen LogP contribution in [0.5, 0.6) is 0 Å². The summed E-state index contributed by atoms with van der Waals surface area (Å²) in [6.45, 7) is 6.04. The molecule has 0 aromatic carbocycles. The van der Waals surface area contributed by atoms with Crippen LogP contribution in [0.25, 0.3) is 0 Å². The van der Waals surface area contributed by atoms with Crippen molar-refractivity contribution in [2.75, 3.05) is 37.7 Å². The molecular formula is C14H26N2O4S. The molecule has 122 valence electrons. The average Bonchev–Trinajstić information content (AvgIpc) is 2.75. The van der Waals surface area contributed by atoms with Gasteiger partial charge in [-0.25, -0.2) is 8.42 Å². The van der Waals surface area contributed by atoms with Gasteiger partial charge in [-0.15, -0.1) is 0 Å². The lowest BCUT2D eigenvalue weighted by molar-refractivity contribution is -0.135. The van der Waals surface area contributed by atoms with Gasteiger partial charge in [-0.3, -0.25) is 9.69 Å². The fourth-order valence-electron chi connectivity index (χ4n) is 3.20. The van der Waals surface area contributed by atoms with Crippen molar-refractivity contribution in [1.29, 1.82) is 0 Å². The van der Waals surface area contributed by atoms with Crippen molar-refractivity contribution in [3.8, 4) is 0 Å². The van der Waals surface area contributed by atoms with E-state index >= 15 is 0 Å². The number of aliphatic hydroxyl groups excluding tert-OH is 1. The number of carbonyl (C=O) groups is 1. The number of β-amino-alcohol motifs (C(OH)–C–C–N with tert-alkyl or cyclic N) is 1. The summed E-state index contributed by atoms with van der Waals surface area (Å²) in [7, 11) is -2.98. The number of likely N-dealkylation sites (N-methyl/N-ethyl adjacent to an activating group) is 1. The molecule has 2 rings (SSSR count). The van der Waals surface area contributed by atoms with E-state index in [1.807, 2.05) is 18.7 Å². The van der Waals surface area contributed by atoms with E-state index in [1.54, 1.807) is 4.90 Å². The van der Waals surface area contributed by atoms with Crippen LogP contribution in [0.2, 0.25) is 0 Å². The third kappa shape index (κ3) is 4.17. The van der Waals surface area contributed by atoms with Crippen molar-refractivity contribution >= 4 is 15.7 Å². The van der Waals surface area contributed by atoms with Crippen LogP contribution in [0.4, 0.5) is 0 Å². The molecule has 2 aliphatic rings. The molecule has 3 unspecified atom stereocenters. The van der Waals surface area contributed by atoms with Crippen LogP contribution >= 0.6 is 0 Å². The fraction of sp³-hybridized carbons (Fsp3) is 0.929. The molecule has 2 aliphatic heterocycles. The first-order valence-electron chi connectivity index (χ1n) is 7.72. The topological polar surface area (TPSA) is 77.9 Å². The predicted molar refractivity (Wildman–Crippen MR) is 80.7 cm³/mol. The largest absolute Gasteiger partial charge is 0.392 e. The van der Waals surface area contributed by atoms with E-state index in [0.29, 0.717) is 19.5 Å².